The molecule has 0 fully saturated rings. The van der Waals surface area contributed by atoms with Crippen molar-refractivity contribution < 1.29 is 65.2 Å². The maximum Gasteiger partial charge on any atom is 1.00 e. The van der Waals surface area contributed by atoms with Crippen LogP contribution in [0.15, 0.2) is 0 Å². The topological polar surface area (TPSA) is 170 Å². The zero-order chi connectivity index (χ0) is 8.08. The molecular weight excluding hydrogens is 192 g/mol. The van der Waals surface area contributed by atoms with Gasteiger partial charge in [0.1, 0.15) is 0 Å². The van der Waals surface area contributed by atoms with Crippen LogP contribution in [0.5, 0.6) is 0 Å². The molecule has 0 heterocycles. The fourth-order valence-corrected chi connectivity index (χ4v) is 0. The van der Waals surface area contributed by atoms with Gasteiger partial charge >= 0.3 is 43.5 Å². The summed E-state index contributed by atoms with van der Waals surface area (Å²) in [5, 5.41) is 13.9. The summed E-state index contributed by atoms with van der Waals surface area (Å²) in [7, 11) is -4.64. The second-order valence-corrected chi connectivity index (χ2v) is 1.82. The van der Waals surface area contributed by atoms with Crippen LogP contribution in [0.1, 0.15) is 1.43 Å². The van der Waals surface area contributed by atoms with Gasteiger partial charge in [0.05, 0.1) is 0 Å². The number of rotatable bonds is 0. The van der Waals surface area contributed by atoms with Crippen molar-refractivity contribution in [3.8, 4) is 0 Å². The Labute approximate surface area is 85.5 Å². The van der Waals surface area contributed by atoms with E-state index in [9.17, 15) is 0 Å². The van der Waals surface area contributed by atoms with E-state index in [1.54, 1.807) is 0 Å². The van der Waals surface area contributed by atoms with Crippen LogP contribution in [-0.4, -0.2) is 31.0 Å². The van der Waals surface area contributed by atoms with Gasteiger partial charge in [0.2, 0.25) is 0 Å². The predicted molar refractivity (Wildman–Crippen MR) is 31.1 cm³/mol. The molecule has 0 saturated carbocycles. The largest absolute Gasteiger partial charge is 1.00 e. The monoisotopic (exact) mass is 201 g/mol. The number of carboxylic acid groups (broad SMARTS) is 2. The molecule has 0 aromatic heterocycles. The van der Waals surface area contributed by atoms with Gasteiger partial charge in [-0.05, 0) is 0 Å². The molecule has 11 heavy (non-hydrogen) atoms. The quantitative estimate of drug-likeness (QED) is 0.173. The Morgan fingerprint density at radius 1 is 1.18 bits per heavy atom. The van der Waals surface area contributed by atoms with Gasteiger partial charge in [-0.3, -0.25) is 0 Å². The van der Waals surface area contributed by atoms with Crippen molar-refractivity contribution in [1.82, 2.24) is 6.15 Å². The van der Waals surface area contributed by atoms with Crippen molar-refractivity contribution in [2.75, 3.05) is 0 Å². The van der Waals surface area contributed by atoms with Crippen LogP contribution >= 0.6 is 7.82 Å². The molecule has 0 aromatic carbocycles. The Bertz CT molecular complexity index is 123. The zero-order valence-corrected chi connectivity index (χ0v) is 8.60. The summed E-state index contributed by atoms with van der Waals surface area (Å²) in [4.78, 5) is 30.1. The van der Waals surface area contributed by atoms with Crippen molar-refractivity contribution in [3.63, 3.8) is 0 Å². The van der Waals surface area contributed by atoms with E-state index in [-0.39, 0.29) is 37.1 Å². The summed E-state index contributed by atoms with van der Waals surface area (Å²) in [5.74, 6) is 0. The van der Waals surface area contributed by atoms with Crippen LogP contribution in [0.25, 0.3) is 0 Å². The van der Waals surface area contributed by atoms with Crippen molar-refractivity contribution in [2.45, 2.75) is 0 Å². The van der Waals surface area contributed by atoms with E-state index in [2.05, 4.69) is 0 Å². The first-order valence-corrected chi connectivity index (χ1v) is 3.00. The maximum absolute atomic E-state index is 8.88. The van der Waals surface area contributed by atoms with Crippen LogP contribution in [-0.2, 0) is 4.57 Å². The average molecular weight is 201 g/mol. The van der Waals surface area contributed by atoms with Gasteiger partial charge in [0, 0.05) is 0 Å². The van der Waals surface area contributed by atoms with Crippen LogP contribution in [0.3, 0.4) is 0 Å². The van der Waals surface area contributed by atoms with Gasteiger partial charge in [-0.15, -0.1) is 0 Å². The summed E-state index contributed by atoms with van der Waals surface area (Å²) < 4.78 is 8.88. The summed E-state index contributed by atoms with van der Waals surface area (Å²) >= 11 is 0. The molecule has 0 rings (SSSR count). The number of phosphoric acid groups is 1. The second-order valence-electron chi connectivity index (χ2n) is 0.796. The van der Waals surface area contributed by atoms with Crippen LogP contribution in [0.2, 0.25) is 0 Å². The molecule has 0 bridgehead atoms. The van der Waals surface area contributed by atoms with Crippen molar-refractivity contribution in [2.24, 2.45) is 0 Å². The molecule has 0 unspecified atom stereocenters. The van der Waals surface area contributed by atoms with Gasteiger partial charge in [0.15, 0.2) is 0 Å². The third-order valence-corrected chi connectivity index (χ3v) is 0. The van der Waals surface area contributed by atoms with Gasteiger partial charge in [-0.25, -0.2) is 9.36 Å². The van der Waals surface area contributed by atoms with E-state index >= 15 is 0 Å². The molecule has 66 valence electrons. The molecule has 0 aromatic rings. The van der Waals surface area contributed by atoms with Gasteiger partial charge < -0.3 is 32.5 Å². The summed E-state index contributed by atoms with van der Waals surface area (Å²) in [6.45, 7) is 0. The first kappa shape index (κ1) is 22.5. The minimum absolute atomic E-state index is 0. The summed E-state index contributed by atoms with van der Waals surface area (Å²) in [6, 6.07) is 0. The van der Waals surface area contributed by atoms with E-state index in [0.717, 1.165) is 0 Å². The molecular formula is CH9NNaO7P. The minimum Gasteiger partial charge on any atom is -1.00 e. The fraction of sp³-hybridized carbons (Fsp3) is 0. The average Bonchev–Trinajstić information content (AvgIpc) is 1.19. The molecule has 10 heteroatoms. The van der Waals surface area contributed by atoms with Crippen molar-refractivity contribution in [1.29, 1.82) is 0 Å². The van der Waals surface area contributed by atoms with Gasteiger partial charge in [-0.2, -0.15) is 0 Å². The Hall–Kier alpha value is 0.340. The molecule has 0 spiro atoms. The SMILES string of the molecule is N.O=C(O)O.O=P(O)(O)O.[H-].[Na+]. The molecule has 8 N–H and O–H groups in total. The van der Waals surface area contributed by atoms with Crippen molar-refractivity contribution in [3.05, 3.63) is 0 Å². The molecule has 0 aliphatic rings. The molecule has 0 amide bonds. The Morgan fingerprint density at radius 2 is 1.18 bits per heavy atom. The standard InChI is InChI=1S/CH2O3.H3N.Na.H3O4P.H/c2-1(3)4;;;1-5(2,3)4;/h(H2,2,3,4);1H3;;(H3,1,2,3,4);/q;;+1;;-1. The van der Waals surface area contributed by atoms with E-state index in [1.165, 1.54) is 0 Å². The van der Waals surface area contributed by atoms with Crippen molar-refractivity contribution >= 4 is 14.0 Å². The maximum atomic E-state index is 8.88. The molecule has 0 saturated heterocycles. The summed E-state index contributed by atoms with van der Waals surface area (Å²) in [5.41, 5.74) is 0. The van der Waals surface area contributed by atoms with Crippen LogP contribution in [0.4, 0.5) is 4.79 Å². The van der Waals surface area contributed by atoms with Crippen LogP contribution < -0.4 is 35.7 Å². The number of hydrogen-bond donors (Lipinski definition) is 6. The third-order valence-electron chi connectivity index (χ3n) is 0. The minimum atomic E-state index is -4.64. The van der Waals surface area contributed by atoms with Gasteiger partial charge in [0.25, 0.3) is 0 Å². The normalized spacial score (nSPS) is 7.55. The second kappa shape index (κ2) is 10.3. The zero-order valence-electron chi connectivity index (χ0n) is 6.71. The Morgan fingerprint density at radius 3 is 1.18 bits per heavy atom. The third kappa shape index (κ3) is 6220. The fourth-order valence-electron chi connectivity index (χ4n) is 0. The Kier molecular flexibility index (Phi) is 21.2. The van der Waals surface area contributed by atoms with E-state index in [0.29, 0.717) is 0 Å². The van der Waals surface area contributed by atoms with E-state index in [4.69, 9.17) is 34.3 Å². The molecule has 0 aliphatic carbocycles. The molecule has 0 aliphatic heterocycles. The number of carbonyl (C=O) groups is 1. The molecule has 8 nitrogen and oxygen atoms in total. The smallest absolute Gasteiger partial charge is 1.00 e. The van der Waals surface area contributed by atoms with Crippen LogP contribution in [0, 0.1) is 0 Å². The van der Waals surface area contributed by atoms with Gasteiger partial charge in [-0.1, -0.05) is 0 Å². The Balaban J connectivity index is -0.0000000221. The number of hydrogen-bond acceptors (Lipinski definition) is 3. The first-order valence-electron chi connectivity index (χ1n) is 1.43. The molecule has 0 atom stereocenters. The predicted octanol–water partition coefficient (Wildman–Crippen LogP) is -3.43. The van der Waals surface area contributed by atoms with E-state index < -0.39 is 14.0 Å². The first-order chi connectivity index (χ1) is 3.73. The summed E-state index contributed by atoms with van der Waals surface area (Å²) in [6.07, 6.45) is -1.83. The van der Waals surface area contributed by atoms with E-state index in [1.807, 2.05) is 0 Å². The molecule has 0 radical (unpaired) electrons.